The summed E-state index contributed by atoms with van der Waals surface area (Å²) in [5.41, 5.74) is 1.83. The zero-order valence-electron chi connectivity index (χ0n) is 13.0. The predicted octanol–water partition coefficient (Wildman–Crippen LogP) is 2.49. The second kappa shape index (κ2) is 6.84. The summed E-state index contributed by atoms with van der Waals surface area (Å²) in [5.74, 6) is -1.74. The van der Waals surface area contributed by atoms with Gasteiger partial charge in [0, 0.05) is 12.2 Å². The maximum atomic E-state index is 12.3. The van der Waals surface area contributed by atoms with Crippen LogP contribution in [0.2, 0.25) is 0 Å². The summed E-state index contributed by atoms with van der Waals surface area (Å²) in [6, 6.07) is 9.67. The first-order valence-electron chi connectivity index (χ1n) is 7.39. The molecule has 1 aromatic rings. The smallest absolute Gasteiger partial charge is 0.345 e. The summed E-state index contributed by atoms with van der Waals surface area (Å²) in [7, 11) is 1.24. The Balaban J connectivity index is 1.98. The second-order valence-electron chi connectivity index (χ2n) is 5.30. The van der Waals surface area contributed by atoms with Gasteiger partial charge in [0.15, 0.2) is 0 Å². The van der Waals surface area contributed by atoms with Crippen LogP contribution in [0.1, 0.15) is 5.56 Å². The van der Waals surface area contributed by atoms with Gasteiger partial charge in [-0.1, -0.05) is 54.1 Å². The molecule has 3 rings (SSSR count). The number of esters is 1. The number of nitrogens with zero attached hydrogens (tertiary/aromatic N) is 1. The molecule has 0 fully saturated rings. The van der Waals surface area contributed by atoms with Crippen molar-refractivity contribution in [3.05, 3.63) is 70.4 Å². The molecule has 0 aromatic heterocycles. The highest BCUT2D eigenvalue weighted by Gasteiger charge is 2.36. The first-order valence-corrected chi connectivity index (χ1v) is 7.77. The van der Waals surface area contributed by atoms with Crippen molar-refractivity contribution in [2.45, 2.75) is 6.54 Å². The molecule has 1 atom stereocenters. The van der Waals surface area contributed by atoms with E-state index in [1.807, 2.05) is 36.4 Å². The van der Waals surface area contributed by atoms with Gasteiger partial charge in [-0.05, 0) is 11.6 Å². The van der Waals surface area contributed by atoms with Crippen molar-refractivity contribution in [2.75, 3.05) is 7.11 Å². The minimum absolute atomic E-state index is 0.0850. The highest BCUT2D eigenvalue weighted by molar-refractivity contribution is 6.46. The van der Waals surface area contributed by atoms with Gasteiger partial charge in [0.2, 0.25) is 0 Å². The standard InChI is InChI=1S/C18H15ClN2O3/c1-24-18(23)14-16(20-10-11-6-3-2-4-7-11)12-8-5-9-13(19)15(12)21-17(14)22/h2-9,12,20H,10H2,1H3. The summed E-state index contributed by atoms with van der Waals surface area (Å²) in [4.78, 5) is 28.4. The molecule has 1 heterocycles. The van der Waals surface area contributed by atoms with Crippen molar-refractivity contribution in [3.8, 4) is 0 Å². The molecule has 0 spiro atoms. The Hall–Kier alpha value is -2.66. The van der Waals surface area contributed by atoms with Gasteiger partial charge in [-0.3, -0.25) is 4.79 Å². The van der Waals surface area contributed by atoms with Crippen LogP contribution in [0.15, 0.2) is 69.9 Å². The van der Waals surface area contributed by atoms with E-state index in [0.717, 1.165) is 5.56 Å². The largest absolute Gasteiger partial charge is 0.465 e. The fourth-order valence-corrected chi connectivity index (χ4v) is 2.89. The fraction of sp³-hybridized carbons (Fsp3) is 0.167. The maximum Gasteiger partial charge on any atom is 0.345 e. The number of ether oxygens (including phenoxy) is 1. The van der Waals surface area contributed by atoms with Crippen LogP contribution in [-0.2, 0) is 20.9 Å². The van der Waals surface area contributed by atoms with Crippen LogP contribution in [0.25, 0.3) is 0 Å². The normalized spacial score (nSPS) is 19.4. The van der Waals surface area contributed by atoms with E-state index in [4.69, 9.17) is 16.3 Å². The maximum absolute atomic E-state index is 12.3. The van der Waals surface area contributed by atoms with Crippen LogP contribution in [0.5, 0.6) is 0 Å². The van der Waals surface area contributed by atoms with Gasteiger partial charge in [0.25, 0.3) is 5.91 Å². The third-order valence-corrected chi connectivity index (χ3v) is 4.14. The van der Waals surface area contributed by atoms with E-state index in [0.29, 0.717) is 23.0 Å². The summed E-state index contributed by atoms with van der Waals surface area (Å²) < 4.78 is 4.75. The number of fused-ring (bicyclic) bond motifs is 1. The number of amides is 1. The number of allylic oxidation sites excluding steroid dienone is 4. The molecular weight excluding hydrogens is 328 g/mol. The third kappa shape index (κ3) is 3.03. The molecule has 0 bridgehead atoms. The zero-order chi connectivity index (χ0) is 17.1. The minimum atomic E-state index is -0.711. The zero-order valence-corrected chi connectivity index (χ0v) is 13.7. The van der Waals surface area contributed by atoms with Crippen molar-refractivity contribution >= 4 is 29.2 Å². The van der Waals surface area contributed by atoms with E-state index in [-0.39, 0.29) is 11.5 Å². The number of benzene rings is 1. The lowest BCUT2D eigenvalue weighted by Crippen LogP contribution is -2.36. The van der Waals surface area contributed by atoms with Gasteiger partial charge >= 0.3 is 5.97 Å². The monoisotopic (exact) mass is 342 g/mol. The van der Waals surface area contributed by atoms with E-state index in [1.54, 1.807) is 12.2 Å². The molecule has 0 radical (unpaired) electrons. The van der Waals surface area contributed by atoms with Crippen molar-refractivity contribution in [1.29, 1.82) is 0 Å². The van der Waals surface area contributed by atoms with E-state index in [9.17, 15) is 9.59 Å². The number of nitrogens with one attached hydrogen (secondary N) is 1. The number of hydrogen-bond donors (Lipinski definition) is 1. The Morgan fingerprint density at radius 3 is 2.79 bits per heavy atom. The Kier molecular flexibility index (Phi) is 4.62. The fourth-order valence-electron chi connectivity index (χ4n) is 2.66. The summed E-state index contributed by atoms with van der Waals surface area (Å²) in [6.07, 6.45) is 5.29. The Bertz CT molecular complexity index is 807. The minimum Gasteiger partial charge on any atom is -0.465 e. The molecule has 1 aliphatic carbocycles. The molecule has 1 unspecified atom stereocenters. The molecule has 1 amide bonds. The highest BCUT2D eigenvalue weighted by atomic mass is 35.5. The number of carbonyl (C=O) groups is 2. The predicted molar refractivity (Wildman–Crippen MR) is 91.3 cm³/mol. The molecule has 0 saturated heterocycles. The van der Waals surface area contributed by atoms with Gasteiger partial charge in [0.1, 0.15) is 5.57 Å². The Morgan fingerprint density at radius 2 is 2.08 bits per heavy atom. The molecule has 6 heteroatoms. The van der Waals surface area contributed by atoms with Crippen LogP contribution in [0, 0.1) is 5.92 Å². The lowest BCUT2D eigenvalue weighted by Gasteiger charge is -2.27. The van der Waals surface area contributed by atoms with E-state index < -0.39 is 11.9 Å². The summed E-state index contributed by atoms with van der Waals surface area (Å²) in [5, 5.41) is 3.58. The number of halogens is 1. The van der Waals surface area contributed by atoms with Gasteiger partial charge in [0.05, 0.1) is 23.8 Å². The van der Waals surface area contributed by atoms with Gasteiger partial charge in [-0.2, -0.15) is 0 Å². The highest BCUT2D eigenvalue weighted by Crippen LogP contribution is 2.31. The van der Waals surface area contributed by atoms with Crippen LogP contribution in [0.3, 0.4) is 0 Å². The van der Waals surface area contributed by atoms with Crippen LogP contribution >= 0.6 is 11.6 Å². The topological polar surface area (TPSA) is 67.8 Å². The lowest BCUT2D eigenvalue weighted by molar-refractivity contribution is -0.137. The molecule has 1 aliphatic heterocycles. The van der Waals surface area contributed by atoms with Crippen molar-refractivity contribution in [2.24, 2.45) is 10.9 Å². The van der Waals surface area contributed by atoms with Crippen LogP contribution in [-0.4, -0.2) is 24.7 Å². The van der Waals surface area contributed by atoms with E-state index in [2.05, 4.69) is 10.3 Å². The van der Waals surface area contributed by atoms with Gasteiger partial charge < -0.3 is 10.1 Å². The number of hydrogen-bond acceptors (Lipinski definition) is 4. The Labute approximate surface area is 144 Å². The molecule has 1 N–H and O–H groups in total. The van der Waals surface area contributed by atoms with Crippen molar-refractivity contribution in [3.63, 3.8) is 0 Å². The molecule has 0 saturated carbocycles. The van der Waals surface area contributed by atoms with Crippen LogP contribution < -0.4 is 5.32 Å². The molecule has 1 aromatic carbocycles. The van der Waals surface area contributed by atoms with E-state index in [1.165, 1.54) is 7.11 Å². The van der Waals surface area contributed by atoms with Crippen LogP contribution in [0.4, 0.5) is 0 Å². The summed E-state index contributed by atoms with van der Waals surface area (Å²) in [6.45, 7) is 0.461. The molecule has 122 valence electrons. The average Bonchev–Trinajstić information content (AvgIpc) is 2.60. The number of methoxy groups -OCH3 is 1. The quantitative estimate of drug-likeness (QED) is 0.674. The third-order valence-electron chi connectivity index (χ3n) is 3.82. The molecule has 5 nitrogen and oxygen atoms in total. The SMILES string of the molecule is COC(=O)C1=C(NCc2ccccc2)C2C=CC=C(Cl)C2=NC1=O. The van der Waals surface area contributed by atoms with Gasteiger partial charge in [-0.15, -0.1) is 0 Å². The first kappa shape index (κ1) is 16.2. The second-order valence-corrected chi connectivity index (χ2v) is 5.71. The number of aliphatic imine (C=N–C) groups is 1. The van der Waals surface area contributed by atoms with E-state index >= 15 is 0 Å². The number of dihydropyridines is 1. The average molecular weight is 343 g/mol. The van der Waals surface area contributed by atoms with Crippen molar-refractivity contribution < 1.29 is 14.3 Å². The molecular formula is C18H15ClN2O3. The number of rotatable bonds is 4. The molecule has 2 aliphatic rings. The lowest BCUT2D eigenvalue weighted by atomic mass is 9.88. The number of carbonyl (C=O) groups excluding carboxylic acids is 2. The Morgan fingerprint density at radius 1 is 1.33 bits per heavy atom. The first-order chi connectivity index (χ1) is 11.6. The van der Waals surface area contributed by atoms with Gasteiger partial charge in [-0.25, -0.2) is 9.79 Å². The summed E-state index contributed by atoms with van der Waals surface area (Å²) >= 11 is 6.16. The molecule has 24 heavy (non-hydrogen) atoms. The van der Waals surface area contributed by atoms with Crippen molar-refractivity contribution in [1.82, 2.24) is 5.32 Å².